The van der Waals surface area contributed by atoms with Gasteiger partial charge in [0.25, 0.3) is 0 Å². The van der Waals surface area contributed by atoms with Crippen molar-refractivity contribution in [3.8, 4) is 0 Å². The predicted molar refractivity (Wildman–Crippen MR) is 88.7 cm³/mol. The molecule has 0 atom stereocenters. The van der Waals surface area contributed by atoms with Crippen LogP contribution in [0.4, 0.5) is 13.2 Å². The average molecular weight is 390 g/mol. The van der Waals surface area contributed by atoms with E-state index < -0.39 is 21.8 Å². The van der Waals surface area contributed by atoms with E-state index in [2.05, 4.69) is 0 Å². The summed E-state index contributed by atoms with van der Waals surface area (Å²) >= 11 is 0. The van der Waals surface area contributed by atoms with Crippen molar-refractivity contribution in [2.24, 2.45) is 5.92 Å². The van der Waals surface area contributed by atoms with Gasteiger partial charge >= 0.3 is 6.18 Å². The molecule has 1 aromatic carbocycles. The summed E-state index contributed by atoms with van der Waals surface area (Å²) in [5.41, 5.74) is -0.992. The van der Waals surface area contributed by atoms with Crippen LogP contribution in [0.25, 0.3) is 0 Å². The fourth-order valence-corrected chi connectivity index (χ4v) is 5.03. The van der Waals surface area contributed by atoms with Crippen LogP contribution >= 0.6 is 0 Å². The number of carbonyl (C=O) groups excluding carboxylic acids is 1. The topological polar surface area (TPSA) is 57.7 Å². The van der Waals surface area contributed by atoms with Crippen LogP contribution in [0.2, 0.25) is 0 Å². The number of halogens is 3. The van der Waals surface area contributed by atoms with E-state index in [9.17, 15) is 26.4 Å². The third-order valence-electron chi connectivity index (χ3n) is 5.05. The molecule has 3 rings (SSSR count). The van der Waals surface area contributed by atoms with E-state index in [1.165, 1.54) is 6.07 Å². The molecule has 9 heteroatoms. The van der Waals surface area contributed by atoms with E-state index in [0.717, 1.165) is 42.1 Å². The summed E-state index contributed by atoms with van der Waals surface area (Å²) in [5, 5.41) is 0. The maximum atomic E-state index is 12.8. The minimum atomic E-state index is -4.60. The summed E-state index contributed by atoms with van der Waals surface area (Å²) in [6, 6.07) is 3.76. The minimum absolute atomic E-state index is 0.0293. The first-order valence-corrected chi connectivity index (χ1v) is 10.1. The first-order valence-electron chi connectivity index (χ1n) is 8.66. The molecule has 2 aliphatic rings. The van der Waals surface area contributed by atoms with Crippen LogP contribution in [-0.2, 0) is 21.0 Å². The Morgan fingerprint density at radius 1 is 1.04 bits per heavy atom. The zero-order chi connectivity index (χ0) is 18.9. The summed E-state index contributed by atoms with van der Waals surface area (Å²) in [5.74, 6) is 0.0974. The zero-order valence-electron chi connectivity index (χ0n) is 14.2. The maximum Gasteiger partial charge on any atom is 0.416 e. The van der Waals surface area contributed by atoms with Crippen LogP contribution in [0.1, 0.15) is 31.2 Å². The molecule has 1 saturated carbocycles. The Bertz CT molecular complexity index is 766. The van der Waals surface area contributed by atoms with Crippen LogP contribution < -0.4 is 0 Å². The first-order chi connectivity index (χ1) is 12.2. The first kappa shape index (κ1) is 19.2. The van der Waals surface area contributed by atoms with Crippen molar-refractivity contribution in [3.05, 3.63) is 29.8 Å². The molecule has 0 bridgehead atoms. The van der Waals surface area contributed by atoms with Crippen LogP contribution in [0.5, 0.6) is 0 Å². The van der Waals surface area contributed by atoms with Gasteiger partial charge in [-0.1, -0.05) is 18.9 Å². The molecule has 5 nitrogen and oxygen atoms in total. The van der Waals surface area contributed by atoms with E-state index in [1.54, 1.807) is 4.90 Å². The van der Waals surface area contributed by atoms with Crippen molar-refractivity contribution in [1.82, 2.24) is 9.21 Å². The molecule has 26 heavy (non-hydrogen) atoms. The quantitative estimate of drug-likeness (QED) is 0.798. The summed E-state index contributed by atoms with van der Waals surface area (Å²) in [6.07, 6.45) is -0.762. The number of nitrogens with zero attached hydrogens (tertiary/aromatic N) is 2. The fourth-order valence-electron chi connectivity index (χ4n) is 3.56. The number of amides is 1. The van der Waals surface area contributed by atoms with Crippen LogP contribution in [0, 0.1) is 5.92 Å². The molecule has 1 amide bonds. The van der Waals surface area contributed by atoms with Crippen LogP contribution in [0.15, 0.2) is 29.2 Å². The summed E-state index contributed by atoms with van der Waals surface area (Å²) in [7, 11) is -4.02. The lowest BCUT2D eigenvalue weighted by Crippen LogP contribution is -2.51. The van der Waals surface area contributed by atoms with Gasteiger partial charge in [0.15, 0.2) is 0 Å². The number of hydrogen-bond acceptors (Lipinski definition) is 3. The minimum Gasteiger partial charge on any atom is -0.340 e. The van der Waals surface area contributed by atoms with E-state index >= 15 is 0 Å². The molecule has 0 N–H and O–H groups in total. The van der Waals surface area contributed by atoms with Gasteiger partial charge in [0, 0.05) is 32.1 Å². The highest BCUT2D eigenvalue weighted by Gasteiger charge is 2.35. The van der Waals surface area contributed by atoms with Crippen molar-refractivity contribution >= 4 is 15.9 Å². The summed E-state index contributed by atoms with van der Waals surface area (Å²) in [6.45, 7) is 0.731. The van der Waals surface area contributed by atoms with Gasteiger partial charge in [-0.2, -0.15) is 17.5 Å². The van der Waals surface area contributed by atoms with E-state index in [0.29, 0.717) is 6.07 Å². The van der Waals surface area contributed by atoms with Gasteiger partial charge in [-0.15, -0.1) is 0 Å². The second kappa shape index (κ2) is 7.19. The Labute approximate surface area is 150 Å². The highest BCUT2D eigenvalue weighted by Crippen LogP contribution is 2.31. The number of rotatable bonds is 3. The molecule has 2 fully saturated rings. The average Bonchev–Trinajstić information content (AvgIpc) is 3.15. The molecule has 0 unspecified atom stereocenters. The van der Waals surface area contributed by atoms with Crippen molar-refractivity contribution in [1.29, 1.82) is 0 Å². The molecule has 1 aliphatic carbocycles. The lowest BCUT2D eigenvalue weighted by Gasteiger charge is -2.35. The normalized spacial score (nSPS) is 20.5. The number of hydrogen-bond donors (Lipinski definition) is 0. The van der Waals surface area contributed by atoms with Crippen molar-refractivity contribution in [3.63, 3.8) is 0 Å². The molecular formula is C17H21F3N2O3S. The second-order valence-corrected chi connectivity index (χ2v) is 8.67. The molecule has 1 aliphatic heterocycles. The number of alkyl halides is 3. The molecule has 1 saturated heterocycles. The summed E-state index contributed by atoms with van der Waals surface area (Å²) < 4.78 is 65.0. The van der Waals surface area contributed by atoms with Gasteiger partial charge in [-0.25, -0.2) is 8.42 Å². The number of piperazine rings is 1. The van der Waals surface area contributed by atoms with E-state index in [4.69, 9.17) is 0 Å². The predicted octanol–water partition coefficient (Wildman–Crippen LogP) is 2.73. The number of benzene rings is 1. The highest BCUT2D eigenvalue weighted by molar-refractivity contribution is 7.89. The maximum absolute atomic E-state index is 12.8. The highest BCUT2D eigenvalue weighted by atomic mass is 32.2. The molecule has 0 radical (unpaired) electrons. The SMILES string of the molecule is O=C(C1CCCC1)N1CCN(S(=O)(=O)c2cccc(C(F)(F)F)c2)CC1. The van der Waals surface area contributed by atoms with E-state index in [-0.39, 0.29) is 42.9 Å². The lowest BCUT2D eigenvalue weighted by atomic mass is 10.1. The third-order valence-corrected chi connectivity index (χ3v) is 6.95. The van der Waals surface area contributed by atoms with Gasteiger partial charge in [-0.3, -0.25) is 4.79 Å². The standard InChI is InChI=1S/C17H21F3N2O3S/c18-17(19,20)14-6-3-7-15(12-14)26(24,25)22-10-8-21(9-11-22)16(23)13-4-1-2-5-13/h3,6-7,12-13H,1-2,4-5,8-11H2. The third kappa shape index (κ3) is 3.88. The molecule has 1 heterocycles. The van der Waals surface area contributed by atoms with Crippen LogP contribution in [-0.4, -0.2) is 49.7 Å². The summed E-state index contributed by atoms with van der Waals surface area (Å²) in [4.78, 5) is 13.7. The Morgan fingerprint density at radius 3 is 2.23 bits per heavy atom. The molecular weight excluding hydrogens is 369 g/mol. The second-order valence-electron chi connectivity index (χ2n) is 6.74. The van der Waals surface area contributed by atoms with E-state index in [1.807, 2.05) is 0 Å². The van der Waals surface area contributed by atoms with Gasteiger partial charge < -0.3 is 4.90 Å². The van der Waals surface area contributed by atoms with Crippen LogP contribution in [0.3, 0.4) is 0 Å². The van der Waals surface area contributed by atoms with Crippen molar-refractivity contribution < 1.29 is 26.4 Å². The Morgan fingerprint density at radius 2 is 1.65 bits per heavy atom. The van der Waals surface area contributed by atoms with Gasteiger partial charge in [0.1, 0.15) is 0 Å². The van der Waals surface area contributed by atoms with Gasteiger partial charge in [-0.05, 0) is 31.0 Å². The Kier molecular flexibility index (Phi) is 5.30. The number of sulfonamides is 1. The van der Waals surface area contributed by atoms with Gasteiger partial charge in [0.05, 0.1) is 10.5 Å². The fraction of sp³-hybridized carbons (Fsp3) is 0.588. The molecule has 1 aromatic rings. The molecule has 144 valence electrons. The Balaban J connectivity index is 1.69. The monoisotopic (exact) mass is 390 g/mol. The number of carbonyl (C=O) groups is 1. The zero-order valence-corrected chi connectivity index (χ0v) is 15.0. The largest absolute Gasteiger partial charge is 0.416 e. The smallest absolute Gasteiger partial charge is 0.340 e. The molecule has 0 spiro atoms. The van der Waals surface area contributed by atoms with Crippen molar-refractivity contribution in [2.75, 3.05) is 26.2 Å². The molecule has 0 aromatic heterocycles. The van der Waals surface area contributed by atoms with Gasteiger partial charge in [0.2, 0.25) is 15.9 Å². The van der Waals surface area contributed by atoms with Crippen molar-refractivity contribution in [2.45, 2.75) is 36.8 Å². The lowest BCUT2D eigenvalue weighted by molar-refractivity contribution is -0.138. The Hall–Kier alpha value is -1.61.